The molecule has 0 nitrogen and oxygen atoms in total. The lowest BCUT2D eigenvalue weighted by molar-refractivity contribution is 0.322. The summed E-state index contributed by atoms with van der Waals surface area (Å²) >= 11 is 0. The van der Waals surface area contributed by atoms with Gasteiger partial charge in [0.15, 0.2) is 0 Å². The van der Waals surface area contributed by atoms with Crippen LogP contribution in [0.15, 0.2) is 60.2 Å². The van der Waals surface area contributed by atoms with Crippen molar-refractivity contribution in [3.63, 3.8) is 0 Å². The molecular formula is C22H28. The van der Waals surface area contributed by atoms with E-state index in [0.717, 1.165) is 11.8 Å². The van der Waals surface area contributed by atoms with Crippen LogP contribution >= 0.6 is 0 Å². The molecule has 0 heterocycles. The van der Waals surface area contributed by atoms with Crippen molar-refractivity contribution in [1.29, 1.82) is 0 Å². The zero-order valence-corrected chi connectivity index (χ0v) is 13.8. The molecule has 4 rings (SSSR count). The van der Waals surface area contributed by atoms with Crippen molar-refractivity contribution in [2.24, 2.45) is 11.8 Å². The van der Waals surface area contributed by atoms with Gasteiger partial charge in [0.1, 0.15) is 0 Å². The Hall–Kier alpha value is -1.56. The van der Waals surface area contributed by atoms with E-state index in [1.807, 2.05) is 5.57 Å². The summed E-state index contributed by atoms with van der Waals surface area (Å²) in [6.45, 7) is 2.34. The molecule has 0 saturated heterocycles. The molecule has 0 amide bonds. The SMILES string of the molecule is CCC1CC=C2CCCCC2C1.c1ccc2ccccc2c1. The molecule has 2 aromatic rings. The number of hydrogen-bond acceptors (Lipinski definition) is 0. The number of allylic oxidation sites excluding steroid dienone is 2. The first-order valence-corrected chi connectivity index (χ1v) is 8.99. The van der Waals surface area contributed by atoms with Crippen LogP contribution in [0.5, 0.6) is 0 Å². The maximum atomic E-state index is 2.56. The van der Waals surface area contributed by atoms with Crippen molar-refractivity contribution < 1.29 is 0 Å². The molecule has 0 aromatic heterocycles. The van der Waals surface area contributed by atoms with Crippen LogP contribution in [0.1, 0.15) is 51.9 Å². The lowest BCUT2D eigenvalue weighted by Crippen LogP contribution is -2.18. The minimum atomic E-state index is 0.998. The van der Waals surface area contributed by atoms with E-state index < -0.39 is 0 Å². The smallest absolute Gasteiger partial charge is 0.0184 e. The van der Waals surface area contributed by atoms with Crippen molar-refractivity contribution in [3.05, 3.63) is 60.2 Å². The van der Waals surface area contributed by atoms with Gasteiger partial charge in [-0.15, -0.1) is 0 Å². The quantitative estimate of drug-likeness (QED) is 0.509. The maximum Gasteiger partial charge on any atom is -0.0184 e. The fourth-order valence-electron chi connectivity index (χ4n) is 3.93. The van der Waals surface area contributed by atoms with Crippen molar-refractivity contribution in [3.8, 4) is 0 Å². The highest BCUT2D eigenvalue weighted by molar-refractivity contribution is 5.81. The highest BCUT2D eigenvalue weighted by Gasteiger charge is 2.24. The summed E-state index contributed by atoms with van der Waals surface area (Å²) in [7, 11) is 0. The van der Waals surface area contributed by atoms with E-state index in [4.69, 9.17) is 0 Å². The average molecular weight is 292 g/mol. The number of rotatable bonds is 1. The monoisotopic (exact) mass is 292 g/mol. The third-order valence-electron chi connectivity index (χ3n) is 5.36. The van der Waals surface area contributed by atoms with Crippen LogP contribution in [0.4, 0.5) is 0 Å². The summed E-state index contributed by atoms with van der Waals surface area (Å²) < 4.78 is 0. The van der Waals surface area contributed by atoms with Crippen LogP contribution < -0.4 is 0 Å². The zero-order chi connectivity index (χ0) is 15.2. The second-order valence-electron chi connectivity index (χ2n) is 6.81. The van der Waals surface area contributed by atoms with Crippen LogP contribution in [0.2, 0.25) is 0 Å². The second-order valence-corrected chi connectivity index (χ2v) is 6.81. The normalized spacial score (nSPS) is 24.0. The molecule has 0 bridgehead atoms. The minimum absolute atomic E-state index is 0.998. The van der Waals surface area contributed by atoms with Gasteiger partial charge in [0, 0.05) is 0 Å². The Morgan fingerprint density at radius 2 is 1.55 bits per heavy atom. The topological polar surface area (TPSA) is 0 Å². The summed E-state index contributed by atoms with van der Waals surface area (Å²) in [6, 6.07) is 16.7. The lowest BCUT2D eigenvalue weighted by atomic mass is 9.73. The summed E-state index contributed by atoms with van der Waals surface area (Å²) in [6.07, 6.45) is 12.7. The number of benzene rings is 2. The highest BCUT2D eigenvalue weighted by Crippen LogP contribution is 2.39. The molecule has 2 aliphatic rings. The summed E-state index contributed by atoms with van der Waals surface area (Å²) in [5, 5.41) is 2.62. The van der Waals surface area contributed by atoms with Gasteiger partial charge in [-0.25, -0.2) is 0 Å². The Morgan fingerprint density at radius 3 is 2.14 bits per heavy atom. The van der Waals surface area contributed by atoms with E-state index in [0.29, 0.717) is 0 Å². The van der Waals surface area contributed by atoms with Crippen molar-refractivity contribution in [2.45, 2.75) is 51.9 Å². The predicted molar refractivity (Wildman–Crippen MR) is 97.0 cm³/mol. The largest absolute Gasteiger partial charge is 0.0848 e. The number of fused-ring (bicyclic) bond motifs is 2. The molecule has 0 aliphatic heterocycles. The van der Waals surface area contributed by atoms with Crippen LogP contribution in [0.25, 0.3) is 10.8 Å². The van der Waals surface area contributed by atoms with Gasteiger partial charge in [-0.2, -0.15) is 0 Å². The molecular weight excluding hydrogens is 264 g/mol. The molecule has 2 atom stereocenters. The Morgan fingerprint density at radius 1 is 0.909 bits per heavy atom. The number of hydrogen-bond donors (Lipinski definition) is 0. The molecule has 2 aliphatic carbocycles. The van der Waals surface area contributed by atoms with E-state index in [1.54, 1.807) is 0 Å². The van der Waals surface area contributed by atoms with E-state index in [9.17, 15) is 0 Å². The van der Waals surface area contributed by atoms with Crippen LogP contribution in [0, 0.1) is 11.8 Å². The third kappa shape index (κ3) is 3.80. The van der Waals surface area contributed by atoms with Gasteiger partial charge >= 0.3 is 0 Å². The van der Waals surface area contributed by atoms with E-state index >= 15 is 0 Å². The average Bonchev–Trinajstić information content (AvgIpc) is 2.62. The molecule has 0 radical (unpaired) electrons. The highest BCUT2D eigenvalue weighted by atomic mass is 14.3. The first kappa shape index (κ1) is 15.3. The first-order valence-electron chi connectivity index (χ1n) is 8.99. The summed E-state index contributed by atoms with van der Waals surface area (Å²) in [5.74, 6) is 2.01. The summed E-state index contributed by atoms with van der Waals surface area (Å²) in [5.41, 5.74) is 1.81. The molecule has 0 N–H and O–H groups in total. The molecule has 22 heavy (non-hydrogen) atoms. The van der Waals surface area contributed by atoms with Gasteiger partial charge < -0.3 is 0 Å². The Balaban J connectivity index is 0.000000133. The Labute approximate surface area is 135 Å². The van der Waals surface area contributed by atoms with Gasteiger partial charge in [-0.1, -0.05) is 79.9 Å². The summed E-state index contributed by atoms with van der Waals surface area (Å²) in [4.78, 5) is 0. The molecule has 1 saturated carbocycles. The van der Waals surface area contributed by atoms with E-state index in [1.165, 1.54) is 55.7 Å². The second kappa shape index (κ2) is 7.63. The standard InChI is InChI=1S/C12H20.C10H8/c1-2-10-7-8-11-5-3-4-6-12(11)9-10;1-2-6-10-8-4-3-7-9(10)5-1/h8,10,12H,2-7,9H2,1H3;1-8H. The van der Waals surface area contributed by atoms with Crippen molar-refractivity contribution in [1.82, 2.24) is 0 Å². The third-order valence-corrected chi connectivity index (χ3v) is 5.36. The predicted octanol–water partition coefficient (Wildman–Crippen LogP) is 6.76. The molecule has 0 heteroatoms. The molecule has 1 fully saturated rings. The lowest BCUT2D eigenvalue weighted by Gasteiger charge is -2.32. The minimum Gasteiger partial charge on any atom is -0.0848 e. The van der Waals surface area contributed by atoms with Gasteiger partial charge in [-0.3, -0.25) is 0 Å². The van der Waals surface area contributed by atoms with E-state index in [-0.39, 0.29) is 0 Å². The van der Waals surface area contributed by atoms with Crippen molar-refractivity contribution >= 4 is 10.8 Å². The van der Waals surface area contributed by atoms with Crippen molar-refractivity contribution in [2.75, 3.05) is 0 Å². The van der Waals surface area contributed by atoms with Gasteiger partial charge in [-0.05, 0) is 54.7 Å². The molecule has 2 unspecified atom stereocenters. The maximum absolute atomic E-state index is 2.56. The van der Waals surface area contributed by atoms with Crippen LogP contribution in [0.3, 0.4) is 0 Å². The van der Waals surface area contributed by atoms with Gasteiger partial charge in [0.25, 0.3) is 0 Å². The molecule has 116 valence electrons. The fourth-order valence-corrected chi connectivity index (χ4v) is 3.93. The zero-order valence-electron chi connectivity index (χ0n) is 13.8. The van der Waals surface area contributed by atoms with Gasteiger partial charge in [0.05, 0.1) is 0 Å². The van der Waals surface area contributed by atoms with E-state index in [2.05, 4.69) is 61.5 Å². The molecule has 2 aromatic carbocycles. The van der Waals surface area contributed by atoms with Gasteiger partial charge in [0.2, 0.25) is 0 Å². The molecule has 0 spiro atoms. The first-order chi connectivity index (χ1) is 10.9. The van der Waals surface area contributed by atoms with Crippen LogP contribution in [-0.4, -0.2) is 0 Å². The van der Waals surface area contributed by atoms with Crippen LogP contribution in [-0.2, 0) is 0 Å². The Bertz CT molecular complexity index is 557. The fraction of sp³-hybridized carbons (Fsp3) is 0.455. The Kier molecular flexibility index (Phi) is 5.32.